The lowest BCUT2D eigenvalue weighted by Gasteiger charge is -2.44. The lowest BCUT2D eigenvalue weighted by Crippen LogP contribution is -2.49. The monoisotopic (exact) mass is 874 g/mol. The molecule has 1 spiro atoms. The number of hydrogen-bond acceptors (Lipinski definition) is 12. The lowest BCUT2D eigenvalue weighted by molar-refractivity contribution is -0.133. The highest BCUT2D eigenvalue weighted by molar-refractivity contribution is 7.90. The number of anilines is 2. The lowest BCUT2D eigenvalue weighted by atomic mass is 9.79. The van der Waals surface area contributed by atoms with Gasteiger partial charge in [0.25, 0.3) is 5.56 Å². The Kier molecular flexibility index (Phi) is 12.3. The number of nitrogens with one attached hydrogen (secondary N) is 3. The van der Waals surface area contributed by atoms with Gasteiger partial charge in [-0.25, -0.2) is 13.8 Å². The van der Waals surface area contributed by atoms with Gasteiger partial charge in [-0.15, -0.1) is 0 Å². The number of carbonyl (C=O) groups is 2. The van der Waals surface area contributed by atoms with Crippen molar-refractivity contribution in [2.24, 2.45) is 0 Å². The van der Waals surface area contributed by atoms with Crippen LogP contribution in [0.4, 0.5) is 20.2 Å². The number of nitrogens with zero attached hydrogens (tertiary/aromatic N) is 5. The molecule has 2 atom stereocenters. The van der Waals surface area contributed by atoms with Crippen LogP contribution in [0.5, 0.6) is 11.5 Å². The van der Waals surface area contributed by atoms with Crippen LogP contribution in [-0.2, 0) is 24.5 Å². The molecule has 1 aromatic heterocycles. The van der Waals surface area contributed by atoms with E-state index in [0.717, 1.165) is 68.1 Å². The summed E-state index contributed by atoms with van der Waals surface area (Å²) in [7, 11) is -2.96. The number of hydrogen-bond donors (Lipinski definition) is 4. The molecule has 4 fully saturated rings. The van der Waals surface area contributed by atoms with Gasteiger partial charge in [0.2, 0.25) is 11.8 Å². The van der Waals surface area contributed by atoms with Crippen LogP contribution >= 0.6 is 0 Å². The molecule has 2 amide bonds. The number of likely N-dealkylation sites (N-methyl/N-ethyl adjacent to an activating group) is 1. The van der Waals surface area contributed by atoms with Crippen LogP contribution in [0.1, 0.15) is 80.9 Å². The van der Waals surface area contributed by atoms with Crippen molar-refractivity contribution >= 4 is 44.3 Å². The number of aliphatic hydroxyl groups is 1. The minimum atomic E-state index is -4.19. The van der Waals surface area contributed by atoms with Gasteiger partial charge in [0.05, 0.1) is 47.8 Å². The van der Waals surface area contributed by atoms with Crippen LogP contribution in [0, 0.1) is 23.0 Å². The van der Waals surface area contributed by atoms with E-state index in [2.05, 4.69) is 25.2 Å². The van der Waals surface area contributed by atoms with Crippen molar-refractivity contribution in [2.45, 2.75) is 87.4 Å². The number of piperidine rings is 2. The van der Waals surface area contributed by atoms with E-state index in [4.69, 9.17) is 14.6 Å². The Morgan fingerprint density at radius 3 is 2.52 bits per heavy atom. The smallest absolute Gasteiger partial charge is 0.301 e. The minimum absolute atomic E-state index is 0.0323. The first-order chi connectivity index (χ1) is 29.8. The van der Waals surface area contributed by atoms with E-state index in [-0.39, 0.29) is 59.0 Å². The molecule has 0 radical (unpaired) electrons. The molecule has 328 valence electrons. The Morgan fingerprint density at radius 1 is 1.03 bits per heavy atom. The first-order valence-corrected chi connectivity index (χ1v) is 22.2. The van der Waals surface area contributed by atoms with Gasteiger partial charge < -0.3 is 24.8 Å². The highest BCUT2D eigenvalue weighted by atomic mass is 32.2. The SMILES string of the molecule is CN(CCO)S(=O)(=O)Nc1ccc(F)c(Oc2ccc3ncn([C@H]4COC5(CCN(C6CCC(c7ccc(NC8CCC(=O)NC8=O)cc7F)CC6)CC5)C4)c(=O)c3c2)c1C#N. The molecular formula is C43H48F2N8O8S. The van der Waals surface area contributed by atoms with E-state index in [0.29, 0.717) is 42.3 Å². The summed E-state index contributed by atoms with van der Waals surface area (Å²) in [5.74, 6) is -2.32. The first-order valence-electron chi connectivity index (χ1n) is 20.8. The summed E-state index contributed by atoms with van der Waals surface area (Å²) in [5.41, 5.74) is 0.195. The van der Waals surface area contributed by atoms with Crippen molar-refractivity contribution in [1.82, 2.24) is 24.1 Å². The number of rotatable bonds is 12. The van der Waals surface area contributed by atoms with Crippen molar-refractivity contribution in [2.75, 3.05) is 49.9 Å². The quantitative estimate of drug-likeness (QED) is 0.144. The third kappa shape index (κ3) is 8.88. The zero-order valence-electron chi connectivity index (χ0n) is 34.1. The van der Waals surface area contributed by atoms with Crippen LogP contribution in [0.3, 0.4) is 0 Å². The molecule has 0 bridgehead atoms. The average molecular weight is 875 g/mol. The molecule has 4 aliphatic rings. The number of ether oxygens (including phenoxy) is 2. The maximum absolute atomic E-state index is 15.4. The predicted octanol–water partition coefficient (Wildman–Crippen LogP) is 4.66. The van der Waals surface area contributed by atoms with E-state index in [1.807, 2.05) is 6.07 Å². The summed E-state index contributed by atoms with van der Waals surface area (Å²) in [4.78, 5) is 44.6. The maximum atomic E-state index is 15.4. The van der Waals surface area contributed by atoms with Gasteiger partial charge in [-0.05, 0) is 105 Å². The molecule has 4 N–H and O–H groups in total. The van der Waals surface area contributed by atoms with Gasteiger partial charge in [0.15, 0.2) is 11.6 Å². The fourth-order valence-electron chi connectivity index (χ4n) is 9.26. The zero-order chi connectivity index (χ0) is 43.8. The molecule has 8 rings (SSSR count). The van der Waals surface area contributed by atoms with Gasteiger partial charge in [0, 0.05) is 44.8 Å². The van der Waals surface area contributed by atoms with Crippen LogP contribution in [0.25, 0.3) is 10.9 Å². The molecule has 1 saturated carbocycles. The number of fused-ring (bicyclic) bond motifs is 1. The number of aliphatic hydroxyl groups excluding tert-OH is 1. The summed E-state index contributed by atoms with van der Waals surface area (Å²) in [6.07, 6.45) is 7.94. The summed E-state index contributed by atoms with van der Waals surface area (Å²) >= 11 is 0. The van der Waals surface area contributed by atoms with Gasteiger partial charge in [-0.3, -0.25) is 29.0 Å². The molecule has 1 aliphatic carbocycles. The van der Waals surface area contributed by atoms with E-state index in [1.165, 1.54) is 31.6 Å². The van der Waals surface area contributed by atoms with Crippen LogP contribution in [0.2, 0.25) is 0 Å². The largest absolute Gasteiger partial charge is 0.453 e. The second kappa shape index (κ2) is 17.7. The molecule has 3 aromatic carbocycles. The predicted molar refractivity (Wildman–Crippen MR) is 224 cm³/mol. The van der Waals surface area contributed by atoms with E-state index in [9.17, 15) is 28.1 Å². The van der Waals surface area contributed by atoms with E-state index in [1.54, 1.807) is 22.8 Å². The van der Waals surface area contributed by atoms with Gasteiger partial charge in [-0.1, -0.05) is 6.07 Å². The average Bonchev–Trinajstić information content (AvgIpc) is 3.66. The van der Waals surface area contributed by atoms with Gasteiger partial charge >= 0.3 is 10.2 Å². The normalized spacial score (nSPS) is 23.0. The second-order valence-corrected chi connectivity index (χ2v) is 18.4. The topological polar surface area (TPSA) is 208 Å². The van der Waals surface area contributed by atoms with Crippen LogP contribution < -0.4 is 25.7 Å². The summed E-state index contributed by atoms with van der Waals surface area (Å²) in [6, 6.07) is 12.9. The molecule has 1 unspecified atom stereocenters. The minimum Gasteiger partial charge on any atom is -0.453 e. The number of carbonyl (C=O) groups excluding carboxylic acids is 2. The van der Waals surface area contributed by atoms with Crippen molar-refractivity contribution < 1.29 is 41.4 Å². The van der Waals surface area contributed by atoms with E-state index < -0.39 is 51.5 Å². The highest BCUT2D eigenvalue weighted by Crippen LogP contribution is 2.43. The Hall–Kier alpha value is -5.52. The number of aromatic nitrogens is 2. The Bertz CT molecular complexity index is 2590. The molecule has 4 aromatic rings. The Balaban J connectivity index is 0.877. The van der Waals surface area contributed by atoms with Crippen molar-refractivity contribution in [1.29, 1.82) is 5.26 Å². The second-order valence-electron chi connectivity index (χ2n) is 16.6. The number of likely N-dealkylation sites (tertiary alicyclic amines) is 1. The van der Waals surface area contributed by atoms with Crippen LogP contribution in [-0.4, -0.2) is 102 Å². The number of amides is 2. The summed E-state index contributed by atoms with van der Waals surface area (Å²) < 4.78 is 72.8. The zero-order valence-corrected chi connectivity index (χ0v) is 34.9. The Labute approximate surface area is 357 Å². The summed E-state index contributed by atoms with van der Waals surface area (Å²) in [5, 5.41) is 24.7. The number of imide groups is 1. The highest BCUT2D eigenvalue weighted by Gasteiger charge is 2.45. The number of benzene rings is 3. The first kappa shape index (κ1) is 43.1. The van der Waals surface area contributed by atoms with Gasteiger partial charge in [0.1, 0.15) is 29.2 Å². The number of halogens is 2. The van der Waals surface area contributed by atoms with Crippen LogP contribution in [0.15, 0.2) is 59.7 Å². The fourth-order valence-corrected chi connectivity index (χ4v) is 10.2. The van der Waals surface area contributed by atoms with Gasteiger partial charge in [-0.2, -0.15) is 18.0 Å². The third-order valence-corrected chi connectivity index (χ3v) is 14.3. The third-order valence-electron chi connectivity index (χ3n) is 12.8. The molecule has 19 heteroatoms. The maximum Gasteiger partial charge on any atom is 0.301 e. The Morgan fingerprint density at radius 2 is 1.81 bits per heavy atom. The van der Waals surface area contributed by atoms with Crippen molar-refractivity contribution in [3.8, 4) is 17.6 Å². The summed E-state index contributed by atoms with van der Waals surface area (Å²) in [6.45, 7) is 1.36. The molecular weight excluding hydrogens is 827 g/mol. The molecule has 4 heterocycles. The molecule has 3 aliphatic heterocycles. The fraction of sp³-hybridized carbons (Fsp3) is 0.465. The van der Waals surface area contributed by atoms with Crippen molar-refractivity contribution in [3.63, 3.8) is 0 Å². The molecule has 16 nitrogen and oxygen atoms in total. The molecule has 62 heavy (non-hydrogen) atoms. The van der Waals surface area contributed by atoms with Crippen molar-refractivity contribution in [3.05, 3.63) is 88.0 Å². The van der Waals surface area contributed by atoms with E-state index >= 15 is 8.78 Å². The standard InChI is InChI=1S/C43H48F2N8O8S/c1-51(18-19-54)62(58,59)50-37-11-9-34(44)40(33(37)23-46)61-30-7-10-36-32(21-30)42(57)53(25-47-36)29-22-43(60-24-29)14-16-52(17-15-43)28-5-2-26(3-6-28)31-8-4-27(20-35(31)45)48-38-12-13-39(55)49-41(38)56/h4,7-11,20-21,25-26,28-29,38,48,50,54H,2-3,5-6,12-19,22,24H2,1H3,(H,49,55,56)/t26?,28?,29-,38?/m1/s1. The molecule has 3 saturated heterocycles. The number of nitriles is 1.